The van der Waals surface area contributed by atoms with Crippen LogP contribution in [0.5, 0.6) is 0 Å². The van der Waals surface area contributed by atoms with Gasteiger partial charge >= 0.3 is 12.0 Å². The summed E-state index contributed by atoms with van der Waals surface area (Å²) >= 11 is 7.22. The van der Waals surface area contributed by atoms with Crippen LogP contribution in [0, 0.1) is 5.92 Å². The van der Waals surface area contributed by atoms with E-state index in [2.05, 4.69) is 10.6 Å². The summed E-state index contributed by atoms with van der Waals surface area (Å²) in [5.41, 5.74) is 0. The second-order valence-corrected chi connectivity index (χ2v) is 6.38. The van der Waals surface area contributed by atoms with E-state index in [0.717, 1.165) is 11.3 Å². The Balaban J connectivity index is 1.72. The number of carboxylic acid groups (broad SMARTS) is 1. The van der Waals surface area contributed by atoms with Gasteiger partial charge in [0, 0.05) is 10.9 Å². The number of carbonyl (C=O) groups is 2. The zero-order valence-corrected chi connectivity index (χ0v) is 11.8. The van der Waals surface area contributed by atoms with Crippen molar-refractivity contribution in [3.8, 4) is 0 Å². The molecule has 1 aromatic rings. The fourth-order valence-corrected chi connectivity index (χ4v) is 3.21. The molecule has 2 rings (SSSR count). The number of halogens is 1. The van der Waals surface area contributed by atoms with Crippen LogP contribution < -0.4 is 10.6 Å². The highest BCUT2D eigenvalue weighted by Crippen LogP contribution is 2.25. The average Bonchev–Trinajstić information content (AvgIpc) is 2.96. The maximum atomic E-state index is 11.7. The van der Waals surface area contributed by atoms with Crippen LogP contribution in [0.3, 0.4) is 0 Å². The molecule has 0 radical (unpaired) electrons. The smallest absolute Gasteiger partial charge is 0.315 e. The number of carbonyl (C=O) groups excluding carboxylic acids is 1. The van der Waals surface area contributed by atoms with E-state index in [1.165, 1.54) is 11.3 Å². The van der Waals surface area contributed by atoms with Gasteiger partial charge in [-0.15, -0.1) is 11.3 Å². The molecule has 1 heterocycles. The number of nitrogens with one attached hydrogen (secondary N) is 2. The number of rotatable bonds is 4. The molecule has 0 saturated heterocycles. The normalized spacial score (nSPS) is 22.2. The molecule has 0 spiro atoms. The van der Waals surface area contributed by atoms with Gasteiger partial charge in [-0.25, -0.2) is 4.79 Å². The lowest BCUT2D eigenvalue weighted by atomic mass is 10.1. The average molecular weight is 303 g/mol. The van der Waals surface area contributed by atoms with E-state index in [1.807, 2.05) is 6.07 Å². The Morgan fingerprint density at radius 3 is 2.79 bits per heavy atom. The molecule has 1 saturated carbocycles. The molecule has 2 atom stereocenters. The monoisotopic (exact) mass is 302 g/mol. The van der Waals surface area contributed by atoms with Crippen molar-refractivity contribution < 1.29 is 14.7 Å². The molecule has 104 valence electrons. The van der Waals surface area contributed by atoms with Gasteiger partial charge in [0.05, 0.1) is 16.8 Å². The quantitative estimate of drug-likeness (QED) is 0.799. The molecule has 3 N–H and O–H groups in total. The maximum Gasteiger partial charge on any atom is 0.315 e. The molecule has 0 unspecified atom stereocenters. The number of aliphatic carboxylic acids is 1. The summed E-state index contributed by atoms with van der Waals surface area (Å²) in [6.07, 6.45) is 1.85. The second-order valence-electron chi connectivity index (χ2n) is 4.58. The first-order valence-corrected chi connectivity index (χ1v) is 7.25. The van der Waals surface area contributed by atoms with E-state index in [9.17, 15) is 9.59 Å². The lowest BCUT2D eigenvalue weighted by Crippen LogP contribution is -2.40. The highest BCUT2D eigenvalue weighted by atomic mass is 35.5. The minimum atomic E-state index is -0.780. The van der Waals surface area contributed by atoms with Crippen molar-refractivity contribution >= 4 is 34.9 Å². The third-order valence-electron chi connectivity index (χ3n) is 3.17. The Hall–Kier alpha value is -1.27. The van der Waals surface area contributed by atoms with E-state index in [1.54, 1.807) is 6.07 Å². The van der Waals surface area contributed by atoms with Crippen LogP contribution >= 0.6 is 22.9 Å². The van der Waals surface area contributed by atoms with Gasteiger partial charge in [-0.05, 0) is 31.4 Å². The molecule has 0 aromatic carbocycles. The van der Waals surface area contributed by atoms with Gasteiger partial charge in [-0.2, -0.15) is 0 Å². The molecule has 2 amide bonds. The fourth-order valence-electron chi connectivity index (χ4n) is 2.19. The van der Waals surface area contributed by atoms with Crippen LogP contribution in [0.1, 0.15) is 24.1 Å². The third-order valence-corrected chi connectivity index (χ3v) is 4.40. The van der Waals surface area contributed by atoms with Gasteiger partial charge in [0.1, 0.15) is 0 Å². The number of urea groups is 1. The van der Waals surface area contributed by atoms with Crippen LogP contribution in [0.25, 0.3) is 0 Å². The molecular formula is C12H15ClN2O3S. The maximum absolute atomic E-state index is 11.7. The molecule has 1 aliphatic rings. The standard InChI is InChI=1S/C12H15ClN2O3S/c13-10-4-3-9(19-10)6-14-12(18)15-8-2-1-7(5-8)11(16)17/h3-4,7-8H,1-2,5-6H2,(H,16,17)(H2,14,15,18)/t7-,8+/m1/s1. The summed E-state index contributed by atoms with van der Waals surface area (Å²) in [6.45, 7) is 0.429. The zero-order chi connectivity index (χ0) is 13.8. The number of carboxylic acids is 1. The summed E-state index contributed by atoms with van der Waals surface area (Å²) in [5.74, 6) is -1.11. The molecule has 1 aliphatic carbocycles. The molecular weight excluding hydrogens is 288 g/mol. The predicted octanol–water partition coefficient (Wildman–Crippen LogP) is 2.45. The number of hydrogen-bond acceptors (Lipinski definition) is 3. The first-order chi connectivity index (χ1) is 9.04. The van der Waals surface area contributed by atoms with Crippen molar-refractivity contribution in [1.29, 1.82) is 0 Å². The van der Waals surface area contributed by atoms with Gasteiger partial charge in [0.15, 0.2) is 0 Å². The third kappa shape index (κ3) is 4.11. The van der Waals surface area contributed by atoms with E-state index >= 15 is 0 Å². The lowest BCUT2D eigenvalue weighted by Gasteiger charge is -2.13. The number of amides is 2. The zero-order valence-electron chi connectivity index (χ0n) is 10.2. The largest absolute Gasteiger partial charge is 0.481 e. The van der Waals surface area contributed by atoms with E-state index in [-0.39, 0.29) is 18.0 Å². The summed E-state index contributed by atoms with van der Waals surface area (Å²) in [6, 6.07) is 3.34. The Morgan fingerprint density at radius 1 is 1.42 bits per heavy atom. The first-order valence-electron chi connectivity index (χ1n) is 6.06. The molecule has 1 aromatic heterocycles. The summed E-state index contributed by atoms with van der Waals surface area (Å²) in [5, 5.41) is 14.4. The van der Waals surface area contributed by atoms with Crippen LogP contribution in [0.4, 0.5) is 4.79 Å². The van der Waals surface area contributed by atoms with Crippen molar-refractivity contribution in [3.05, 3.63) is 21.3 Å². The van der Waals surface area contributed by atoms with Gasteiger partial charge < -0.3 is 15.7 Å². The van der Waals surface area contributed by atoms with Gasteiger partial charge in [0.25, 0.3) is 0 Å². The van der Waals surface area contributed by atoms with E-state index in [4.69, 9.17) is 16.7 Å². The summed E-state index contributed by atoms with van der Waals surface area (Å²) in [7, 11) is 0. The Labute approximate surface area is 120 Å². The highest BCUT2D eigenvalue weighted by Gasteiger charge is 2.30. The van der Waals surface area contributed by atoms with E-state index in [0.29, 0.717) is 23.7 Å². The van der Waals surface area contributed by atoms with Gasteiger partial charge in [0.2, 0.25) is 0 Å². The van der Waals surface area contributed by atoms with Crippen LogP contribution in [-0.2, 0) is 11.3 Å². The van der Waals surface area contributed by atoms with Crippen molar-refractivity contribution in [2.24, 2.45) is 5.92 Å². The minimum absolute atomic E-state index is 0.0481. The number of thiophene rings is 1. The summed E-state index contributed by atoms with van der Waals surface area (Å²) < 4.78 is 0.692. The Bertz CT molecular complexity index is 477. The second kappa shape index (κ2) is 6.25. The SMILES string of the molecule is O=C(NCc1ccc(Cl)s1)N[C@H]1CC[C@@H](C(=O)O)C1. The van der Waals surface area contributed by atoms with Gasteiger partial charge in [-0.3, -0.25) is 4.79 Å². The molecule has 0 bridgehead atoms. The Morgan fingerprint density at radius 2 is 2.21 bits per heavy atom. The van der Waals surface area contributed by atoms with Crippen molar-refractivity contribution in [1.82, 2.24) is 10.6 Å². The van der Waals surface area contributed by atoms with Gasteiger partial charge in [-0.1, -0.05) is 11.6 Å². The molecule has 5 nitrogen and oxygen atoms in total. The van der Waals surface area contributed by atoms with Crippen LogP contribution in [-0.4, -0.2) is 23.1 Å². The summed E-state index contributed by atoms with van der Waals surface area (Å²) in [4.78, 5) is 23.4. The molecule has 0 aliphatic heterocycles. The van der Waals surface area contributed by atoms with Crippen molar-refractivity contribution in [2.75, 3.05) is 0 Å². The first kappa shape index (κ1) is 14.1. The Kier molecular flexibility index (Phi) is 4.66. The fraction of sp³-hybridized carbons (Fsp3) is 0.500. The van der Waals surface area contributed by atoms with Crippen molar-refractivity contribution in [3.63, 3.8) is 0 Å². The molecule has 7 heteroatoms. The predicted molar refractivity (Wildman–Crippen MR) is 73.5 cm³/mol. The van der Waals surface area contributed by atoms with Crippen LogP contribution in [0.2, 0.25) is 4.34 Å². The minimum Gasteiger partial charge on any atom is -0.481 e. The molecule has 19 heavy (non-hydrogen) atoms. The molecule has 1 fully saturated rings. The highest BCUT2D eigenvalue weighted by molar-refractivity contribution is 7.16. The lowest BCUT2D eigenvalue weighted by molar-refractivity contribution is -0.141. The van der Waals surface area contributed by atoms with Crippen molar-refractivity contribution in [2.45, 2.75) is 31.8 Å². The topological polar surface area (TPSA) is 78.4 Å². The van der Waals surface area contributed by atoms with E-state index < -0.39 is 5.97 Å². The van der Waals surface area contributed by atoms with Crippen LogP contribution in [0.15, 0.2) is 12.1 Å². The number of hydrogen-bond donors (Lipinski definition) is 3.